The Labute approximate surface area is 100 Å². The maximum atomic E-state index is 11.6. The summed E-state index contributed by atoms with van der Waals surface area (Å²) in [5.74, 6) is 2.42. The van der Waals surface area contributed by atoms with Crippen LogP contribution in [-0.4, -0.2) is 17.4 Å². The second-order valence-electron chi connectivity index (χ2n) is 3.29. The van der Waals surface area contributed by atoms with E-state index in [9.17, 15) is 4.79 Å². The number of aromatic nitrogens is 1. The van der Waals surface area contributed by atoms with Gasteiger partial charge in [-0.05, 0) is 25.0 Å². The number of carbonyl (C=O) groups excluding carboxylic acids is 1. The predicted octanol–water partition coefficient (Wildman–Crippen LogP) is 2.27. The number of unbranched alkanes of at least 4 members (excludes halogenated alkanes) is 2. The van der Waals surface area contributed by atoms with Crippen LogP contribution in [0.4, 0.5) is 0 Å². The highest BCUT2D eigenvalue weighted by molar-refractivity contribution is 6.29. The molecule has 3 nitrogen and oxygen atoms in total. The first-order chi connectivity index (χ1) is 7.74. The molecule has 1 rings (SSSR count). The van der Waals surface area contributed by atoms with Crippen LogP contribution in [0.25, 0.3) is 0 Å². The SMILES string of the molecule is C#CCCCCNC(=O)c1ccc(Cl)nc1. The van der Waals surface area contributed by atoms with Gasteiger partial charge in [-0.25, -0.2) is 4.98 Å². The van der Waals surface area contributed by atoms with Crippen molar-refractivity contribution in [3.05, 3.63) is 29.0 Å². The molecule has 4 heteroatoms. The number of terminal acetylenes is 1. The first-order valence-electron chi connectivity index (χ1n) is 5.07. The fourth-order valence-corrected chi connectivity index (χ4v) is 1.28. The number of hydrogen-bond donors (Lipinski definition) is 1. The van der Waals surface area contributed by atoms with Crippen molar-refractivity contribution in [2.24, 2.45) is 0 Å². The topological polar surface area (TPSA) is 42.0 Å². The van der Waals surface area contributed by atoms with E-state index in [0.29, 0.717) is 17.3 Å². The predicted molar refractivity (Wildman–Crippen MR) is 64.3 cm³/mol. The fraction of sp³-hybridized carbons (Fsp3) is 0.333. The average molecular weight is 237 g/mol. The van der Waals surface area contributed by atoms with E-state index in [1.807, 2.05) is 0 Å². The van der Waals surface area contributed by atoms with Gasteiger partial charge in [-0.3, -0.25) is 4.79 Å². The zero-order valence-corrected chi connectivity index (χ0v) is 9.63. The first-order valence-corrected chi connectivity index (χ1v) is 5.45. The lowest BCUT2D eigenvalue weighted by molar-refractivity contribution is 0.0952. The average Bonchev–Trinajstić information content (AvgIpc) is 2.29. The van der Waals surface area contributed by atoms with E-state index >= 15 is 0 Å². The molecule has 0 aromatic carbocycles. The Balaban J connectivity index is 2.30. The summed E-state index contributed by atoms with van der Waals surface area (Å²) in [4.78, 5) is 15.4. The Morgan fingerprint density at radius 1 is 1.50 bits per heavy atom. The molecule has 0 bridgehead atoms. The highest BCUT2D eigenvalue weighted by Gasteiger charge is 2.04. The van der Waals surface area contributed by atoms with Crippen LogP contribution in [0.15, 0.2) is 18.3 Å². The molecular formula is C12H13ClN2O. The maximum absolute atomic E-state index is 11.6. The standard InChI is InChI=1S/C12H13ClN2O/c1-2-3-4-5-8-14-12(16)10-6-7-11(13)15-9-10/h1,6-7,9H,3-5,8H2,(H,14,16). The molecule has 1 aromatic rings. The molecule has 0 aliphatic carbocycles. The fourth-order valence-electron chi connectivity index (χ4n) is 1.17. The van der Waals surface area contributed by atoms with Crippen LogP contribution in [0.5, 0.6) is 0 Å². The second kappa shape index (κ2) is 6.86. The number of carbonyl (C=O) groups is 1. The van der Waals surface area contributed by atoms with E-state index in [1.54, 1.807) is 12.1 Å². The third-order valence-electron chi connectivity index (χ3n) is 2.02. The summed E-state index contributed by atoms with van der Waals surface area (Å²) in [5, 5.41) is 3.17. The van der Waals surface area contributed by atoms with Crippen molar-refractivity contribution in [2.75, 3.05) is 6.54 Å². The van der Waals surface area contributed by atoms with Gasteiger partial charge in [0.1, 0.15) is 5.15 Å². The van der Waals surface area contributed by atoms with E-state index in [4.69, 9.17) is 18.0 Å². The highest BCUT2D eigenvalue weighted by atomic mass is 35.5. The summed E-state index contributed by atoms with van der Waals surface area (Å²) in [6, 6.07) is 3.24. The molecule has 0 unspecified atom stereocenters. The third kappa shape index (κ3) is 4.33. The third-order valence-corrected chi connectivity index (χ3v) is 2.25. The lowest BCUT2D eigenvalue weighted by Gasteiger charge is -2.03. The highest BCUT2D eigenvalue weighted by Crippen LogP contribution is 2.05. The molecule has 0 saturated heterocycles. The Bertz CT molecular complexity index is 381. The van der Waals surface area contributed by atoms with Crippen molar-refractivity contribution in [1.29, 1.82) is 0 Å². The van der Waals surface area contributed by atoms with Crippen LogP contribution in [0.1, 0.15) is 29.6 Å². The molecule has 1 amide bonds. The van der Waals surface area contributed by atoms with E-state index in [1.165, 1.54) is 6.20 Å². The minimum atomic E-state index is -0.134. The summed E-state index contributed by atoms with van der Waals surface area (Å²) in [7, 11) is 0. The summed E-state index contributed by atoms with van der Waals surface area (Å²) in [5.41, 5.74) is 0.515. The van der Waals surface area contributed by atoms with E-state index in [-0.39, 0.29) is 5.91 Å². The zero-order valence-electron chi connectivity index (χ0n) is 8.87. The van der Waals surface area contributed by atoms with Crippen LogP contribution in [-0.2, 0) is 0 Å². The number of nitrogens with zero attached hydrogens (tertiary/aromatic N) is 1. The van der Waals surface area contributed by atoms with Gasteiger partial charge < -0.3 is 5.32 Å². The van der Waals surface area contributed by atoms with Crippen molar-refractivity contribution in [1.82, 2.24) is 10.3 Å². The number of hydrogen-bond acceptors (Lipinski definition) is 2. The van der Waals surface area contributed by atoms with E-state index < -0.39 is 0 Å². The zero-order chi connectivity index (χ0) is 11.8. The molecule has 84 valence electrons. The van der Waals surface area contributed by atoms with Crippen LogP contribution in [0.3, 0.4) is 0 Å². The van der Waals surface area contributed by atoms with Gasteiger partial charge >= 0.3 is 0 Å². The molecule has 0 spiro atoms. The van der Waals surface area contributed by atoms with Crippen molar-refractivity contribution in [3.8, 4) is 12.3 Å². The molecule has 0 aliphatic heterocycles. The normalized spacial score (nSPS) is 9.50. The van der Waals surface area contributed by atoms with Gasteiger partial charge in [-0.1, -0.05) is 11.6 Å². The number of amides is 1. The van der Waals surface area contributed by atoms with Crippen molar-refractivity contribution >= 4 is 17.5 Å². The lowest BCUT2D eigenvalue weighted by Crippen LogP contribution is -2.24. The maximum Gasteiger partial charge on any atom is 0.252 e. The number of nitrogens with one attached hydrogen (secondary N) is 1. The Kier molecular flexibility index (Phi) is 5.38. The van der Waals surface area contributed by atoms with Crippen molar-refractivity contribution in [3.63, 3.8) is 0 Å². The van der Waals surface area contributed by atoms with Gasteiger partial charge in [0.25, 0.3) is 5.91 Å². The van der Waals surface area contributed by atoms with Crippen LogP contribution < -0.4 is 5.32 Å². The van der Waals surface area contributed by atoms with Gasteiger partial charge in [0, 0.05) is 19.2 Å². The largest absolute Gasteiger partial charge is 0.352 e. The molecule has 0 radical (unpaired) electrons. The Morgan fingerprint density at radius 2 is 2.31 bits per heavy atom. The van der Waals surface area contributed by atoms with Gasteiger partial charge in [0.05, 0.1) is 5.56 Å². The molecule has 0 atom stereocenters. The van der Waals surface area contributed by atoms with Gasteiger partial charge in [0.2, 0.25) is 0 Å². The smallest absolute Gasteiger partial charge is 0.252 e. The molecule has 1 N–H and O–H groups in total. The number of halogens is 1. The summed E-state index contributed by atoms with van der Waals surface area (Å²) >= 11 is 5.62. The lowest BCUT2D eigenvalue weighted by atomic mass is 10.2. The minimum absolute atomic E-state index is 0.134. The van der Waals surface area contributed by atoms with Gasteiger partial charge in [-0.2, -0.15) is 0 Å². The molecule has 0 fully saturated rings. The van der Waals surface area contributed by atoms with Gasteiger partial charge in [-0.15, -0.1) is 12.3 Å². The quantitative estimate of drug-likeness (QED) is 0.484. The van der Waals surface area contributed by atoms with Crippen LogP contribution >= 0.6 is 11.6 Å². The Morgan fingerprint density at radius 3 is 2.94 bits per heavy atom. The summed E-state index contributed by atoms with van der Waals surface area (Å²) in [6.45, 7) is 0.628. The number of rotatable bonds is 5. The van der Waals surface area contributed by atoms with Gasteiger partial charge in [0.15, 0.2) is 0 Å². The van der Waals surface area contributed by atoms with Crippen LogP contribution in [0.2, 0.25) is 5.15 Å². The molecule has 0 aliphatic rings. The molecule has 16 heavy (non-hydrogen) atoms. The number of pyridine rings is 1. The summed E-state index contributed by atoms with van der Waals surface area (Å²) < 4.78 is 0. The van der Waals surface area contributed by atoms with Crippen molar-refractivity contribution in [2.45, 2.75) is 19.3 Å². The van der Waals surface area contributed by atoms with E-state index in [2.05, 4.69) is 16.2 Å². The van der Waals surface area contributed by atoms with E-state index in [0.717, 1.165) is 19.3 Å². The molecule has 1 aromatic heterocycles. The minimum Gasteiger partial charge on any atom is -0.352 e. The molecule has 0 saturated carbocycles. The second-order valence-corrected chi connectivity index (χ2v) is 3.67. The van der Waals surface area contributed by atoms with Crippen LogP contribution in [0, 0.1) is 12.3 Å². The Hall–Kier alpha value is -1.53. The first kappa shape index (κ1) is 12.5. The molecular weight excluding hydrogens is 224 g/mol. The molecule has 1 heterocycles. The van der Waals surface area contributed by atoms with Crippen molar-refractivity contribution < 1.29 is 4.79 Å². The monoisotopic (exact) mass is 236 g/mol. The summed E-state index contributed by atoms with van der Waals surface area (Å²) in [6.07, 6.45) is 9.14.